The molecule has 0 spiro atoms. The predicted molar refractivity (Wildman–Crippen MR) is 92.7 cm³/mol. The molecule has 1 N–H and O–H groups in total. The summed E-state index contributed by atoms with van der Waals surface area (Å²) in [7, 11) is 0. The first kappa shape index (κ1) is 17.4. The maximum Gasteiger partial charge on any atom is 0.234 e. The van der Waals surface area contributed by atoms with E-state index in [1.165, 1.54) is 17.8 Å². The molecule has 7 heteroatoms. The Labute approximate surface area is 146 Å². The van der Waals surface area contributed by atoms with Crippen LogP contribution in [0.2, 0.25) is 15.1 Å². The number of rotatable bonds is 5. The zero-order valence-corrected chi connectivity index (χ0v) is 14.3. The van der Waals surface area contributed by atoms with Gasteiger partial charge in [-0.2, -0.15) is 0 Å². The number of benzene rings is 2. The van der Waals surface area contributed by atoms with Crippen molar-refractivity contribution in [1.29, 1.82) is 0 Å². The molecule has 2 aromatic rings. The molecule has 0 fully saturated rings. The number of thioether (sulfide) groups is 1. The molecule has 0 radical (unpaired) electrons. The molecule has 0 aromatic heterocycles. The predicted octanol–water partition coefficient (Wildman–Crippen LogP) is 5.66. The van der Waals surface area contributed by atoms with Crippen molar-refractivity contribution >= 4 is 58.2 Å². The summed E-state index contributed by atoms with van der Waals surface area (Å²) in [5, 5.41) is 3.69. The second kappa shape index (κ2) is 8.06. The molecule has 116 valence electrons. The van der Waals surface area contributed by atoms with Gasteiger partial charge in [-0.3, -0.25) is 4.79 Å². The van der Waals surface area contributed by atoms with Crippen LogP contribution in [0.4, 0.5) is 10.1 Å². The molecule has 0 saturated heterocycles. The highest BCUT2D eigenvalue weighted by Gasteiger charge is 2.09. The van der Waals surface area contributed by atoms with Crippen molar-refractivity contribution in [3.05, 3.63) is 62.8 Å². The standard InChI is InChI=1S/C15H11Cl3FNOS/c16-10-5-4-9(12(19)6-10)7-22-8-14(21)20-13-3-1-2-11(17)15(13)18/h1-6H,7-8H2,(H,20,21). The van der Waals surface area contributed by atoms with E-state index in [0.29, 0.717) is 32.1 Å². The summed E-state index contributed by atoms with van der Waals surface area (Å²) < 4.78 is 13.6. The van der Waals surface area contributed by atoms with E-state index in [1.807, 2.05) is 0 Å². The summed E-state index contributed by atoms with van der Waals surface area (Å²) in [4.78, 5) is 11.9. The molecule has 2 nitrogen and oxygen atoms in total. The van der Waals surface area contributed by atoms with Gasteiger partial charge in [0, 0.05) is 10.8 Å². The second-order valence-corrected chi connectivity index (χ2v) is 6.59. The van der Waals surface area contributed by atoms with Crippen molar-refractivity contribution in [2.24, 2.45) is 0 Å². The van der Waals surface area contributed by atoms with Gasteiger partial charge in [-0.25, -0.2) is 4.39 Å². The van der Waals surface area contributed by atoms with Crippen LogP contribution in [0.1, 0.15) is 5.56 Å². The molecule has 22 heavy (non-hydrogen) atoms. The van der Waals surface area contributed by atoms with E-state index in [2.05, 4.69) is 5.32 Å². The SMILES string of the molecule is O=C(CSCc1ccc(Cl)cc1F)Nc1cccc(Cl)c1Cl. The Morgan fingerprint density at radius 3 is 2.68 bits per heavy atom. The first-order valence-electron chi connectivity index (χ1n) is 6.23. The molecule has 0 aliphatic carbocycles. The van der Waals surface area contributed by atoms with E-state index in [-0.39, 0.29) is 17.5 Å². The largest absolute Gasteiger partial charge is 0.324 e. The van der Waals surface area contributed by atoms with Crippen molar-refractivity contribution in [3.8, 4) is 0 Å². The summed E-state index contributed by atoms with van der Waals surface area (Å²) in [5.74, 6) is -0.0632. The highest BCUT2D eigenvalue weighted by molar-refractivity contribution is 7.99. The van der Waals surface area contributed by atoms with E-state index < -0.39 is 0 Å². The number of halogens is 4. The number of nitrogens with one attached hydrogen (secondary N) is 1. The fourth-order valence-corrected chi connectivity index (χ4v) is 3.00. The average molecular weight is 379 g/mol. The molecule has 2 rings (SSSR count). The van der Waals surface area contributed by atoms with Crippen LogP contribution in [0.3, 0.4) is 0 Å². The number of hydrogen-bond acceptors (Lipinski definition) is 2. The lowest BCUT2D eigenvalue weighted by Crippen LogP contribution is -2.14. The van der Waals surface area contributed by atoms with Crippen LogP contribution in [-0.4, -0.2) is 11.7 Å². The van der Waals surface area contributed by atoms with Crippen LogP contribution in [0.25, 0.3) is 0 Å². The molecule has 0 unspecified atom stereocenters. The molecule has 0 atom stereocenters. The number of hydrogen-bond donors (Lipinski definition) is 1. The van der Waals surface area contributed by atoms with Gasteiger partial charge in [-0.05, 0) is 29.8 Å². The number of amides is 1. The lowest BCUT2D eigenvalue weighted by atomic mass is 10.2. The van der Waals surface area contributed by atoms with Gasteiger partial charge in [-0.1, -0.05) is 46.9 Å². The van der Waals surface area contributed by atoms with Crippen LogP contribution in [0, 0.1) is 5.82 Å². The summed E-state index contributed by atoms with van der Waals surface area (Å²) in [5.41, 5.74) is 0.959. The Morgan fingerprint density at radius 1 is 1.18 bits per heavy atom. The molecular weight excluding hydrogens is 368 g/mol. The Bertz CT molecular complexity index is 696. The molecule has 0 aliphatic rings. The van der Waals surface area contributed by atoms with Crippen LogP contribution in [0.15, 0.2) is 36.4 Å². The van der Waals surface area contributed by atoms with Gasteiger partial charge >= 0.3 is 0 Å². The van der Waals surface area contributed by atoms with Gasteiger partial charge in [0.15, 0.2) is 0 Å². The van der Waals surface area contributed by atoms with Gasteiger partial charge in [0.25, 0.3) is 0 Å². The number of carbonyl (C=O) groups excluding carboxylic acids is 1. The topological polar surface area (TPSA) is 29.1 Å². The maximum atomic E-state index is 13.6. The van der Waals surface area contributed by atoms with E-state index in [0.717, 1.165) is 0 Å². The summed E-state index contributed by atoms with van der Waals surface area (Å²) in [6.07, 6.45) is 0. The highest BCUT2D eigenvalue weighted by Crippen LogP contribution is 2.29. The zero-order chi connectivity index (χ0) is 16.1. The zero-order valence-electron chi connectivity index (χ0n) is 11.2. The minimum Gasteiger partial charge on any atom is -0.324 e. The first-order chi connectivity index (χ1) is 10.5. The van der Waals surface area contributed by atoms with Crippen LogP contribution in [-0.2, 0) is 10.5 Å². The van der Waals surface area contributed by atoms with Gasteiger partial charge in [0.2, 0.25) is 5.91 Å². The monoisotopic (exact) mass is 377 g/mol. The van der Waals surface area contributed by atoms with E-state index in [1.54, 1.807) is 30.3 Å². The highest BCUT2D eigenvalue weighted by atomic mass is 35.5. The molecule has 1 amide bonds. The van der Waals surface area contributed by atoms with Gasteiger partial charge in [-0.15, -0.1) is 11.8 Å². The van der Waals surface area contributed by atoms with Gasteiger partial charge in [0.05, 0.1) is 21.5 Å². The Hall–Kier alpha value is -0.940. The average Bonchev–Trinajstić information content (AvgIpc) is 2.46. The Balaban J connectivity index is 1.87. The molecular formula is C15H11Cl3FNOS. The second-order valence-electron chi connectivity index (χ2n) is 4.38. The minimum absolute atomic E-state index is 0.172. The normalized spacial score (nSPS) is 10.5. The molecule has 0 bridgehead atoms. The van der Waals surface area contributed by atoms with Crippen molar-refractivity contribution in [1.82, 2.24) is 0 Å². The van der Waals surface area contributed by atoms with Crippen molar-refractivity contribution in [3.63, 3.8) is 0 Å². The van der Waals surface area contributed by atoms with Crippen LogP contribution >= 0.6 is 46.6 Å². The summed E-state index contributed by atoms with van der Waals surface area (Å²) in [6.45, 7) is 0. The smallest absolute Gasteiger partial charge is 0.234 e. The summed E-state index contributed by atoms with van der Waals surface area (Å²) in [6, 6.07) is 9.47. The lowest BCUT2D eigenvalue weighted by molar-refractivity contribution is -0.113. The molecule has 0 aliphatic heterocycles. The fourth-order valence-electron chi connectivity index (χ4n) is 1.68. The molecule has 0 heterocycles. The van der Waals surface area contributed by atoms with Crippen molar-refractivity contribution in [2.45, 2.75) is 5.75 Å². The molecule has 2 aromatic carbocycles. The minimum atomic E-state index is -0.377. The van der Waals surface area contributed by atoms with E-state index >= 15 is 0 Å². The maximum absolute atomic E-state index is 13.6. The van der Waals surface area contributed by atoms with Crippen molar-refractivity contribution in [2.75, 3.05) is 11.1 Å². The van der Waals surface area contributed by atoms with E-state index in [9.17, 15) is 9.18 Å². The third-order valence-corrected chi connectivity index (χ3v) is 4.77. The Kier molecular flexibility index (Phi) is 6.38. The number of anilines is 1. The fraction of sp³-hybridized carbons (Fsp3) is 0.133. The quantitative estimate of drug-likeness (QED) is 0.727. The lowest BCUT2D eigenvalue weighted by Gasteiger charge is -2.08. The van der Waals surface area contributed by atoms with E-state index in [4.69, 9.17) is 34.8 Å². The van der Waals surface area contributed by atoms with Crippen molar-refractivity contribution < 1.29 is 9.18 Å². The third-order valence-electron chi connectivity index (χ3n) is 2.73. The van der Waals surface area contributed by atoms with Gasteiger partial charge < -0.3 is 5.32 Å². The van der Waals surface area contributed by atoms with Gasteiger partial charge in [0.1, 0.15) is 5.82 Å². The van der Waals surface area contributed by atoms with Crippen LogP contribution in [0.5, 0.6) is 0 Å². The third kappa shape index (κ3) is 4.78. The van der Waals surface area contributed by atoms with Crippen LogP contribution < -0.4 is 5.32 Å². The first-order valence-corrected chi connectivity index (χ1v) is 8.52. The Morgan fingerprint density at radius 2 is 1.95 bits per heavy atom. The summed E-state index contributed by atoms with van der Waals surface area (Å²) >= 11 is 18.8. The molecule has 0 saturated carbocycles. The number of carbonyl (C=O) groups is 1.